The quantitative estimate of drug-likeness (QED) is 0.451. The highest BCUT2D eigenvalue weighted by atomic mass is 127. The van der Waals surface area contributed by atoms with Gasteiger partial charge in [-0.05, 0) is 78.1 Å². The van der Waals surface area contributed by atoms with E-state index in [0.717, 1.165) is 34.0 Å². The summed E-state index contributed by atoms with van der Waals surface area (Å²) in [6, 6.07) is 9.64. The summed E-state index contributed by atoms with van der Waals surface area (Å²) in [5, 5.41) is 0. The molecule has 2 rings (SSSR count). The molecule has 0 bridgehead atoms. The number of pyridine rings is 1. The number of ether oxygens (including phenoxy) is 2. The van der Waals surface area contributed by atoms with E-state index < -0.39 is 0 Å². The smallest absolute Gasteiger partial charge is 0.338 e. The molecule has 24 heavy (non-hydrogen) atoms. The van der Waals surface area contributed by atoms with Crippen molar-refractivity contribution in [3.63, 3.8) is 0 Å². The number of esters is 1. The molecule has 1 aromatic carbocycles. The summed E-state index contributed by atoms with van der Waals surface area (Å²) in [4.78, 5) is 16.2. The molecule has 0 spiro atoms. The van der Waals surface area contributed by atoms with Crippen molar-refractivity contribution < 1.29 is 14.3 Å². The summed E-state index contributed by atoms with van der Waals surface area (Å²) in [5.74, 6) is 0.397. The van der Waals surface area contributed by atoms with Crippen molar-refractivity contribution in [1.29, 1.82) is 0 Å². The van der Waals surface area contributed by atoms with Crippen molar-refractivity contribution in [3.8, 4) is 5.88 Å². The van der Waals surface area contributed by atoms with Gasteiger partial charge in [0.15, 0.2) is 0 Å². The van der Waals surface area contributed by atoms with Crippen molar-refractivity contribution in [1.82, 2.24) is 4.98 Å². The average Bonchev–Trinajstić information content (AvgIpc) is 2.60. The zero-order valence-electron chi connectivity index (χ0n) is 14.0. The molecule has 0 aliphatic heterocycles. The Labute approximate surface area is 156 Å². The van der Waals surface area contributed by atoms with Gasteiger partial charge in [-0.25, -0.2) is 9.78 Å². The third kappa shape index (κ3) is 5.47. The minimum atomic E-state index is -0.269. The van der Waals surface area contributed by atoms with Crippen molar-refractivity contribution in [2.75, 3.05) is 13.2 Å². The van der Waals surface area contributed by atoms with E-state index in [-0.39, 0.29) is 5.97 Å². The number of aromatic nitrogens is 1. The Morgan fingerprint density at radius 1 is 1.17 bits per heavy atom. The van der Waals surface area contributed by atoms with E-state index in [1.165, 1.54) is 0 Å². The summed E-state index contributed by atoms with van der Waals surface area (Å²) >= 11 is 2.30. The van der Waals surface area contributed by atoms with Crippen LogP contribution in [0.1, 0.15) is 41.8 Å². The van der Waals surface area contributed by atoms with Gasteiger partial charge in [0.25, 0.3) is 0 Å². The minimum absolute atomic E-state index is 0.269. The van der Waals surface area contributed by atoms with Crippen LogP contribution in [-0.4, -0.2) is 24.2 Å². The molecule has 0 radical (unpaired) electrons. The Bertz CT molecular complexity index is 671. The summed E-state index contributed by atoms with van der Waals surface area (Å²) in [5.41, 5.74) is 2.90. The third-order valence-electron chi connectivity index (χ3n) is 3.49. The lowest BCUT2D eigenvalue weighted by Gasteiger charge is -2.08. The van der Waals surface area contributed by atoms with Crippen molar-refractivity contribution in [2.24, 2.45) is 0 Å². The number of aryl methyl sites for hydroxylation is 2. The number of halogens is 1. The number of carbonyl (C=O) groups is 1. The molecule has 0 atom stereocenters. The van der Waals surface area contributed by atoms with Crippen molar-refractivity contribution in [2.45, 2.75) is 33.1 Å². The Hall–Kier alpha value is -1.63. The van der Waals surface area contributed by atoms with E-state index in [1.54, 1.807) is 0 Å². The number of carbonyl (C=O) groups excluding carboxylic acids is 1. The maximum absolute atomic E-state index is 11.9. The fourth-order valence-corrected chi connectivity index (χ4v) is 2.84. The lowest BCUT2D eigenvalue weighted by molar-refractivity contribution is 0.0526. The fraction of sp³-hybridized carbons (Fsp3) is 0.368. The largest absolute Gasteiger partial charge is 0.478 e. The molecule has 1 heterocycles. The molecule has 0 amide bonds. The van der Waals surface area contributed by atoms with Gasteiger partial charge < -0.3 is 9.47 Å². The second-order valence-corrected chi connectivity index (χ2v) is 6.54. The summed E-state index contributed by atoms with van der Waals surface area (Å²) in [6.45, 7) is 4.95. The van der Waals surface area contributed by atoms with Crippen LogP contribution in [-0.2, 0) is 17.6 Å². The Balaban J connectivity index is 2.00. The van der Waals surface area contributed by atoms with Gasteiger partial charge in [-0.2, -0.15) is 0 Å². The zero-order valence-corrected chi connectivity index (χ0v) is 16.2. The topological polar surface area (TPSA) is 48.4 Å². The first kappa shape index (κ1) is 18.7. The maximum Gasteiger partial charge on any atom is 0.338 e. The average molecular weight is 439 g/mol. The van der Waals surface area contributed by atoms with E-state index in [1.807, 2.05) is 43.5 Å². The van der Waals surface area contributed by atoms with E-state index in [9.17, 15) is 4.79 Å². The molecule has 0 aliphatic carbocycles. The van der Waals surface area contributed by atoms with Gasteiger partial charge in [-0.1, -0.05) is 13.0 Å². The fourth-order valence-electron chi connectivity index (χ4n) is 2.24. The number of nitrogens with zero attached hydrogens (tertiary/aromatic N) is 1. The van der Waals surface area contributed by atoms with Gasteiger partial charge in [0.05, 0.1) is 18.8 Å². The van der Waals surface area contributed by atoms with Crippen LogP contribution in [0.4, 0.5) is 0 Å². The molecule has 0 saturated heterocycles. The van der Waals surface area contributed by atoms with E-state index in [0.29, 0.717) is 24.7 Å². The number of hydrogen-bond donors (Lipinski definition) is 0. The molecule has 0 unspecified atom stereocenters. The molecular formula is C19H22INO3. The van der Waals surface area contributed by atoms with Crippen LogP contribution in [0, 0.1) is 3.57 Å². The summed E-state index contributed by atoms with van der Waals surface area (Å²) < 4.78 is 11.7. The molecule has 128 valence electrons. The molecule has 0 aliphatic rings. The van der Waals surface area contributed by atoms with Crippen molar-refractivity contribution >= 4 is 28.6 Å². The Morgan fingerprint density at radius 2 is 2.00 bits per heavy atom. The van der Waals surface area contributed by atoms with Gasteiger partial charge in [0.2, 0.25) is 5.88 Å². The molecule has 1 aromatic heterocycles. The number of rotatable bonds is 8. The molecule has 2 aromatic rings. The third-order valence-corrected chi connectivity index (χ3v) is 4.54. The highest BCUT2D eigenvalue weighted by molar-refractivity contribution is 14.1. The standard InChI is InChI=1S/C19H22INO3/c1-3-11-24-18-10-6-14(13-21-18)5-7-15-12-16(8-9-17(15)20)19(22)23-4-2/h6,8-10,12-13H,3-5,7,11H2,1-2H3. The van der Waals surface area contributed by atoms with Crippen LogP contribution in [0.2, 0.25) is 0 Å². The maximum atomic E-state index is 11.9. The molecule has 0 fully saturated rings. The summed E-state index contributed by atoms with van der Waals surface area (Å²) in [7, 11) is 0. The molecule has 0 saturated carbocycles. The lowest BCUT2D eigenvalue weighted by Crippen LogP contribution is -2.06. The van der Waals surface area contributed by atoms with E-state index in [2.05, 4.69) is 34.5 Å². The molecule has 0 N–H and O–H groups in total. The summed E-state index contributed by atoms with van der Waals surface area (Å²) in [6.07, 6.45) is 4.54. The highest BCUT2D eigenvalue weighted by Gasteiger charge is 2.10. The van der Waals surface area contributed by atoms with Gasteiger partial charge in [0, 0.05) is 15.8 Å². The first-order valence-electron chi connectivity index (χ1n) is 8.17. The predicted octanol–water partition coefficient (Wildman–Crippen LogP) is 4.44. The molecule has 4 nitrogen and oxygen atoms in total. The molecular weight excluding hydrogens is 417 g/mol. The normalized spacial score (nSPS) is 10.5. The second kappa shape index (κ2) is 9.61. The molecule has 5 heteroatoms. The first-order valence-corrected chi connectivity index (χ1v) is 9.25. The van der Waals surface area contributed by atoms with Gasteiger partial charge in [0.1, 0.15) is 0 Å². The van der Waals surface area contributed by atoms with Crippen molar-refractivity contribution in [3.05, 3.63) is 56.8 Å². The van der Waals surface area contributed by atoms with Gasteiger partial charge in [-0.3, -0.25) is 0 Å². The predicted molar refractivity (Wildman–Crippen MR) is 103 cm³/mol. The number of hydrogen-bond acceptors (Lipinski definition) is 4. The SMILES string of the molecule is CCCOc1ccc(CCc2cc(C(=O)OCC)ccc2I)cn1. The van der Waals surface area contributed by atoms with Crippen LogP contribution in [0.15, 0.2) is 36.5 Å². The van der Waals surface area contributed by atoms with Crippen LogP contribution in [0.3, 0.4) is 0 Å². The van der Waals surface area contributed by atoms with Gasteiger partial charge in [-0.15, -0.1) is 0 Å². The number of benzene rings is 1. The monoisotopic (exact) mass is 439 g/mol. The lowest BCUT2D eigenvalue weighted by atomic mass is 10.0. The van der Waals surface area contributed by atoms with Crippen LogP contribution < -0.4 is 4.74 Å². The Morgan fingerprint density at radius 3 is 2.67 bits per heavy atom. The van der Waals surface area contributed by atoms with Crippen LogP contribution in [0.25, 0.3) is 0 Å². The van der Waals surface area contributed by atoms with E-state index in [4.69, 9.17) is 9.47 Å². The van der Waals surface area contributed by atoms with Gasteiger partial charge >= 0.3 is 5.97 Å². The van der Waals surface area contributed by atoms with E-state index >= 15 is 0 Å². The minimum Gasteiger partial charge on any atom is -0.478 e. The van der Waals surface area contributed by atoms with Crippen LogP contribution in [0.5, 0.6) is 5.88 Å². The highest BCUT2D eigenvalue weighted by Crippen LogP contribution is 2.18. The first-order chi connectivity index (χ1) is 11.6. The van der Waals surface area contributed by atoms with Crippen LogP contribution >= 0.6 is 22.6 Å². The Kier molecular flexibility index (Phi) is 7.49. The second-order valence-electron chi connectivity index (χ2n) is 5.38. The zero-order chi connectivity index (χ0) is 17.4.